The fourth-order valence-electron chi connectivity index (χ4n) is 3.12. The molecule has 2 aromatic carbocycles. The SMILES string of the molecule is O[C@@H](COCc1ccccc1)CN1CCC(Nc2ccccc2)C1. The van der Waals surface area contributed by atoms with Crippen LogP contribution in [0.3, 0.4) is 0 Å². The predicted molar refractivity (Wildman–Crippen MR) is 97.0 cm³/mol. The van der Waals surface area contributed by atoms with Crippen LogP contribution >= 0.6 is 0 Å². The van der Waals surface area contributed by atoms with Crippen molar-refractivity contribution < 1.29 is 9.84 Å². The Morgan fingerprint density at radius 1 is 1.08 bits per heavy atom. The Bertz CT molecular complexity index is 591. The number of nitrogens with zero attached hydrogens (tertiary/aromatic N) is 1. The molecule has 3 rings (SSSR count). The zero-order valence-electron chi connectivity index (χ0n) is 14.0. The maximum Gasteiger partial charge on any atom is 0.0900 e. The molecule has 0 bridgehead atoms. The van der Waals surface area contributed by atoms with Gasteiger partial charge in [-0.25, -0.2) is 0 Å². The molecule has 1 heterocycles. The standard InChI is InChI=1S/C20H26N2O2/c23-20(16-24-15-17-7-3-1-4-8-17)14-22-12-11-19(13-22)21-18-9-5-2-6-10-18/h1-10,19-21,23H,11-16H2/t19?,20-/m1/s1. The summed E-state index contributed by atoms with van der Waals surface area (Å²) in [6.45, 7) is 3.57. The van der Waals surface area contributed by atoms with Crippen molar-refractivity contribution >= 4 is 5.69 Å². The number of anilines is 1. The van der Waals surface area contributed by atoms with Crippen molar-refractivity contribution in [1.82, 2.24) is 4.90 Å². The zero-order chi connectivity index (χ0) is 16.6. The van der Waals surface area contributed by atoms with Crippen LogP contribution in [-0.4, -0.2) is 48.4 Å². The van der Waals surface area contributed by atoms with Crippen LogP contribution in [-0.2, 0) is 11.3 Å². The maximum atomic E-state index is 10.2. The lowest BCUT2D eigenvalue weighted by molar-refractivity contribution is 0.0133. The number of likely N-dealkylation sites (tertiary alicyclic amines) is 1. The fraction of sp³-hybridized carbons (Fsp3) is 0.400. The van der Waals surface area contributed by atoms with E-state index < -0.39 is 6.10 Å². The highest BCUT2D eigenvalue weighted by Gasteiger charge is 2.23. The zero-order valence-corrected chi connectivity index (χ0v) is 14.0. The van der Waals surface area contributed by atoms with E-state index in [2.05, 4.69) is 22.3 Å². The maximum absolute atomic E-state index is 10.2. The van der Waals surface area contributed by atoms with Crippen LogP contribution < -0.4 is 5.32 Å². The number of ether oxygens (including phenoxy) is 1. The average Bonchev–Trinajstić information content (AvgIpc) is 3.03. The number of aliphatic hydroxyl groups is 1. The molecule has 0 amide bonds. The van der Waals surface area contributed by atoms with Gasteiger partial charge in [-0.05, 0) is 24.1 Å². The van der Waals surface area contributed by atoms with Gasteiger partial charge in [0.25, 0.3) is 0 Å². The van der Waals surface area contributed by atoms with Crippen molar-refractivity contribution in [3.05, 3.63) is 66.2 Å². The molecule has 0 spiro atoms. The highest BCUT2D eigenvalue weighted by molar-refractivity contribution is 5.43. The summed E-state index contributed by atoms with van der Waals surface area (Å²) in [6, 6.07) is 20.8. The van der Waals surface area contributed by atoms with Crippen LogP contribution in [0.2, 0.25) is 0 Å². The van der Waals surface area contributed by atoms with Crippen LogP contribution in [0, 0.1) is 0 Å². The molecule has 1 aliphatic rings. The molecule has 1 unspecified atom stereocenters. The molecular weight excluding hydrogens is 300 g/mol. The molecule has 2 aromatic rings. The van der Waals surface area contributed by atoms with E-state index in [0.29, 0.717) is 25.8 Å². The van der Waals surface area contributed by atoms with Crippen LogP contribution in [0.15, 0.2) is 60.7 Å². The summed E-state index contributed by atoms with van der Waals surface area (Å²) in [5, 5.41) is 13.7. The lowest BCUT2D eigenvalue weighted by Crippen LogP contribution is -2.35. The molecule has 1 aliphatic heterocycles. The van der Waals surface area contributed by atoms with Crippen LogP contribution in [0.1, 0.15) is 12.0 Å². The van der Waals surface area contributed by atoms with E-state index in [9.17, 15) is 5.11 Å². The summed E-state index contributed by atoms with van der Waals surface area (Å²) >= 11 is 0. The molecular formula is C20H26N2O2. The molecule has 0 aromatic heterocycles. The Kier molecular flexibility index (Phi) is 6.24. The Morgan fingerprint density at radius 2 is 1.79 bits per heavy atom. The van der Waals surface area contributed by atoms with Gasteiger partial charge in [-0.1, -0.05) is 48.5 Å². The Labute approximate surface area is 144 Å². The topological polar surface area (TPSA) is 44.7 Å². The molecule has 1 saturated heterocycles. The number of nitrogens with one attached hydrogen (secondary N) is 1. The van der Waals surface area contributed by atoms with E-state index in [1.54, 1.807) is 0 Å². The van der Waals surface area contributed by atoms with Crippen molar-refractivity contribution in [1.29, 1.82) is 0 Å². The molecule has 2 N–H and O–H groups in total. The van der Waals surface area contributed by atoms with E-state index >= 15 is 0 Å². The van der Waals surface area contributed by atoms with E-state index in [4.69, 9.17) is 4.74 Å². The second-order valence-electron chi connectivity index (χ2n) is 6.41. The first-order valence-corrected chi connectivity index (χ1v) is 8.63. The minimum absolute atomic E-state index is 0.377. The van der Waals surface area contributed by atoms with Crippen LogP contribution in [0.5, 0.6) is 0 Å². The lowest BCUT2D eigenvalue weighted by Gasteiger charge is -2.20. The van der Waals surface area contributed by atoms with Crippen molar-refractivity contribution in [3.8, 4) is 0 Å². The molecule has 4 heteroatoms. The summed E-state index contributed by atoms with van der Waals surface area (Å²) in [5.74, 6) is 0. The molecule has 128 valence electrons. The van der Waals surface area contributed by atoms with Crippen molar-refractivity contribution in [2.75, 3.05) is 31.6 Å². The van der Waals surface area contributed by atoms with Crippen molar-refractivity contribution in [3.63, 3.8) is 0 Å². The fourth-order valence-corrected chi connectivity index (χ4v) is 3.12. The number of hydrogen-bond acceptors (Lipinski definition) is 4. The number of rotatable bonds is 8. The predicted octanol–water partition coefficient (Wildman–Crippen LogP) is 2.75. The average molecular weight is 326 g/mol. The number of aliphatic hydroxyl groups excluding tert-OH is 1. The number of benzene rings is 2. The van der Waals surface area contributed by atoms with Gasteiger partial charge in [0, 0.05) is 31.4 Å². The molecule has 4 nitrogen and oxygen atoms in total. The molecule has 0 radical (unpaired) electrons. The molecule has 1 fully saturated rings. The highest BCUT2D eigenvalue weighted by atomic mass is 16.5. The number of hydrogen-bond donors (Lipinski definition) is 2. The first-order valence-electron chi connectivity index (χ1n) is 8.63. The molecule has 0 saturated carbocycles. The van der Waals surface area contributed by atoms with Crippen molar-refractivity contribution in [2.45, 2.75) is 25.2 Å². The van der Waals surface area contributed by atoms with Gasteiger partial charge in [-0.2, -0.15) is 0 Å². The Morgan fingerprint density at radius 3 is 2.54 bits per heavy atom. The van der Waals surface area contributed by atoms with Crippen LogP contribution in [0.4, 0.5) is 5.69 Å². The van der Waals surface area contributed by atoms with Gasteiger partial charge >= 0.3 is 0 Å². The third-order valence-corrected chi connectivity index (χ3v) is 4.31. The van der Waals surface area contributed by atoms with Crippen molar-refractivity contribution in [2.24, 2.45) is 0 Å². The lowest BCUT2D eigenvalue weighted by atomic mass is 10.2. The van der Waals surface area contributed by atoms with Gasteiger partial charge in [-0.3, -0.25) is 4.90 Å². The summed E-state index contributed by atoms with van der Waals surface area (Å²) in [5.41, 5.74) is 2.30. The quantitative estimate of drug-likeness (QED) is 0.783. The van der Waals surface area contributed by atoms with Gasteiger partial charge in [0.05, 0.1) is 19.3 Å². The van der Waals surface area contributed by atoms with E-state index in [1.807, 2.05) is 48.5 Å². The van der Waals surface area contributed by atoms with Gasteiger partial charge in [0.2, 0.25) is 0 Å². The summed E-state index contributed by atoms with van der Waals surface area (Å²) in [6.07, 6.45) is 0.663. The smallest absolute Gasteiger partial charge is 0.0900 e. The number of β-amino-alcohol motifs (C(OH)–C–C–N with tert-alkyl or cyclic N) is 1. The second kappa shape index (κ2) is 8.83. The van der Waals surface area contributed by atoms with E-state index in [0.717, 1.165) is 30.8 Å². The summed E-state index contributed by atoms with van der Waals surface area (Å²) in [7, 11) is 0. The highest BCUT2D eigenvalue weighted by Crippen LogP contribution is 2.16. The Balaban J connectivity index is 1.34. The second-order valence-corrected chi connectivity index (χ2v) is 6.41. The molecule has 2 atom stereocenters. The first kappa shape index (κ1) is 17.0. The third kappa shape index (κ3) is 5.34. The van der Waals surface area contributed by atoms with Gasteiger partial charge in [0.15, 0.2) is 0 Å². The Hall–Kier alpha value is -1.88. The minimum atomic E-state index is -0.441. The third-order valence-electron chi connectivity index (χ3n) is 4.31. The number of para-hydroxylation sites is 1. The van der Waals surface area contributed by atoms with Gasteiger partial charge < -0.3 is 15.2 Å². The van der Waals surface area contributed by atoms with E-state index in [-0.39, 0.29) is 0 Å². The van der Waals surface area contributed by atoms with E-state index in [1.165, 1.54) is 0 Å². The van der Waals surface area contributed by atoms with Crippen LogP contribution in [0.25, 0.3) is 0 Å². The molecule has 24 heavy (non-hydrogen) atoms. The summed E-state index contributed by atoms with van der Waals surface area (Å²) < 4.78 is 5.62. The largest absolute Gasteiger partial charge is 0.389 e. The monoisotopic (exact) mass is 326 g/mol. The normalized spacial score (nSPS) is 19.3. The first-order chi connectivity index (χ1) is 11.8. The van der Waals surface area contributed by atoms with Gasteiger partial charge in [0.1, 0.15) is 0 Å². The summed E-state index contributed by atoms with van der Waals surface area (Å²) in [4.78, 5) is 2.30. The minimum Gasteiger partial charge on any atom is -0.389 e. The molecule has 0 aliphatic carbocycles. The van der Waals surface area contributed by atoms with Gasteiger partial charge in [-0.15, -0.1) is 0 Å².